The third kappa shape index (κ3) is 4.29. The third-order valence-corrected chi connectivity index (χ3v) is 6.52. The van der Waals surface area contributed by atoms with Crippen LogP contribution >= 0.6 is 35.0 Å². The molecule has 0 aliphatic carbocycles. The summed E-state index contributed by atoms with van der Waals surface area (Å²) in [5.41, 5.74) is 3.18. The van der Waals surface area contributed by atoms with Gasteiger partial charge >= 0.3 is 0 Å². The largest absolute Gasteiger partial charge is 0.272 e. The van der Waals surface area contributed by atoms with Crippen molar-refractivity contribution in [2.45, 2.75) is 12.2 Å². The fourth-order valence-corrected chi connectivity index (χ4v) is 4.44. The summed E-state index contributed by atoms with van der Waals surface area (Å²) >= 11 is 13.5. The molecule has 0 bridgehead atoms. The van der Waals surface area contributed by atoms with E-state index in [2.05, 4.69) is 10.2 Å². The molecule has 1 atom stereocenters. The average Bonchev–Trinajstić information content (AvgIpc) is 3.11. The van der Waals surface area contributed by atoms with Crippen molar-refractivity contribution in [2.75, 3.05) is 4.90 Å². The van der Waals surface area contributed by atoms with E-state index in [1.165, 1.54) is 11.8 Å². The van der Waals surface area contributed by atoms with Gasteiger partial charge in [-0.3, -0.25) is 9.69 Å². The average molecular weight is 454 g/mol. The van der Waals surface area contributed by atoms with Crippen molar-refractivity contribution in [1.29, 1.82) is 0 Å². The number of carbonyl (C=O) groups is 1. The molecule has 1 aliphatic rings. The molecule has 1 saturated heterocycles. The molecule has 150 valence electrons. The lowest BCUT2D eigenvalue weighted by molar-refractivity contribution is -0.117. The molecule has 0 aromatic heterocycles. The molecule has 0 saturated carbocycles. The molecule has 0 radical (unpaired) electrons. The van der Waals surface area contributed by atoms with Gasteiger partial charge in [0.15, 0.2) is 5.17 Å². The van der Waals surface area contributed by atoms with Crippen LogP contribution in [0.3, 0.4) is 0 Å². The minimum atomic E-state index is -0.370. The van der Waals surface area contributed by atoms with E-state index in [1.54, 1.807) is 17.0 Å². The fraction of sp³-hybridized carbons (Fsp3) is 0.0870. The summed E-state index contributed by atoms with van der Waals surface area (Å²) in [6, 6.07) is 24.5. The second-order valence-corrected chi connectivity index (χ2v) is 8.50. The quantitative estimate of drug-likeness (QED) is 0.330. The summed E-state index contributed by atoms with van der Waals surface area (Å²) in [4.78, 5) is 14.9. The number of amidine groups is 1. The number of rotatable bonds is 4. The topological polar surface area (TPSA) is 45.0 Å². The Balaban J connectivity index is 1.71. The van der Waals surface area contributed by atoms with Gasteiger partial charge in [-0.1, -0.05) is 89.6 Å². The minimum absolute atomic E-state index is 0.0430. The monoisotopic (exact) mass is 453 g/mol. The Morgan fingerprint density at radius 1 is 0.933 bits per heavy atom. The van der Waals surface area contributed by atoms with Gasteiger partial charge in [-0.15, -0.1) is 5.10 Å². The molecule has 7 heteroatoms. The fourth-order valence-electron chi connectivity index (χ4n) is 3.04. The van der Waals surface area contributed by atoms with Crippen LogP contribution in [0.2, 0.25) is 10.0 Å². The number of nitrogens with zero attached hydrogens (tertiary/aromatic N) is 3. The highest BCUT2D eigenvalue weighted by Crippen LogP contribution is 2.41. The Morgan fingerprint density at radius 3 is 2.27 bits per heavy atom. The Hall–Kier alpha value is -2.60. The number of amides is 1. The zero-order valence-electron chi connectivity index (χ0n) is 16.0. The van der Waals surface area contributed by atoms with Crippen LogP contribution in [0, 0.1) is 0 Å². The number of thioether (sulfide) groups is 1. The Labute approximate surface area is 189 Å². The van der Waals surface area contributed by atoms with Crippen molar-refractivity contribution >= 4 is 57.4 Å². The van der Waals surface area contributed by atoms with Crippen LogP contribution in [0.4, 0.5) is 5.69 Å². The van der Waals surface area contributed by atoms with Crippen molar-refractivity contribution in [3.05, 3.63) is 100 Å². The standard InChI is InChI=1S/C23H17Cl2N3OS/c1-15(17-12-13-19(24)20(25)14-17)26-27-23-28(18-10-6-3-7-11-18)22(29)21(30-23)16-8-4-2-5-9-16/h2-14,21H,1H3/b26-15+,27-23+. The number of para-hydroxylation sites is 1. The Morgan fingerprint density at radius 2 is 1.60 bits per heavy atom. The lowest BCUT2D eigenvalue weighted by Crippen LogP contribution is -2.30. The summed E-state index contributed by atoms with van der Waals surface area (Å²) < 4.78 is 0. The molecule has 4 rings (SSSR count). The lowest BCUT2D eigenvalue weighted by atomic mass is 10.1. The molecular formula is C23H17Cl2N3OS. The van der Waals surface area contributed by atoms with Gasteiger partial charge in [0.25, 0.3) is 5.91 Å². The van der Waals surface area contributed by atoms with Crippen LogP contribution in [0.1, 0.15) is 23.3 Å². The molecule has 1 amide bonds. The van der Waals surface area contributed by atoms with Crippen LogP contribution < -0.4 is 4.90 Å². The molecule has 30 heavy (non-hydrogen) atoms. The van der Waals surface area contributed by atoms with E-state index in [1.807, 2.05) is 73.7 Å². The summed E-state index contributed by atoms with van der Waals surface area (Å²) in [6.45, 7) is 1.84. The van der Waals surface area contributed by atoms with Gasteiger partial charge < -0.3 is 0 Å². The van der Waals surface area contributed by atoms with Crippen LogP contribution in [-0.4, -0.2) is 16.8 Å². The van der Waals surface area contributed by atoms with Gasteiger partial charge in [0.1, 0.15) is 5.25 Å². The van der Waals surface area contributed by atoms with E-state index in [-0.39, 0.29) is 11.2 Å². The zero-order valence-corrected chi connectivity index (χ0v) is 18.3. The normalized spacial score (nSPS) is 18.3. The van der Waals surface area contributed by atoms with Crippen LogP contribution in [-0.2, 0) is 4.79 Å². The van der Waals surface area contributed by atoms with Crippen molar-refractivity contribution in [1.82, 2.24) is 0 Å². The van der Waals surface area contributed by atoms with E-state index >= 15 is 0 Å². The summed E-state index contributed by atoms with van der Waals surface area (Å²) in [5.74, 6) is -0.0430. The van der Waals surface area contributed by atoms with Gasteiger partial charge in [0.2, 0.25) is 0 Å². The van der Waals surface area contributed by atoms with Gasteiger partial charge in [-0.2, -0.15) is 5.10 Å². The van der Waals surface area contributed by atoms with E-state index < -0.39 is 0 Å². The molecule has 0 spiro atoms. The van der Waals surface area contributed by atoms with E-state index in [4.69, 9.17) is 23.2 Å². The molecule has 1 fully saturated rings. The minimum Gasteiger partial charge on any atom is -0.272 e. The zero-order chi connectivity index (χ0) is 21.1. The highest BCUT2D eigenvalue weighted by Gasteiger charge is 2.40. The number of anilines is 1. The third-order valence-electron chi connectivity index (χ3n) is 4.60. The van der Waals surface area contributed by atoms with Crippen molar-refractivity contribution in [2.24, 2.45) is 10.2 Å². The Bertz CT molecular complexity index is 1130. The maximum Gasteiger partial charge on any atom is 0.251 e. The first-order valence-corrected chi connectivity index (χ1v) is 10.9. The van der Waals surface area contributed by atoms with Gasteiger partial charge in [-0.05, 0) is 42.3 Å². The molecule has 4 nitrogen and oxygen atoms in total. The van der Waals surface area contributed by atoms with E-state index in [0.29, 0.717) is 20.9 Å². The summed E-state index contributed by atoms with van der Waals surface area (Å²) in [6.07, 6.45) is 0. The van der Waals surface area contributed by atoms with Gasteiger partial charge in [-0.25, -0.2) is 0 Å². The number of benzene rings is 3. The first-order valence-electron chi connectivity index (χ1n) is 9.23. The first-order chi connectivity index (χ1) is 14.5. The van der Waals surface area contributed by atoms with Crippen LogP contribution in [0.5, 0.6) is 0 Å². The summed E-state index contributed by atoms with van der Waals surface area (Å²) in [7, 11) is 0. The second-order valence-electron chi connectivity index (χ2n) is 6.61. The first kappa shape index (κ1) is 20.7. The van der Waals surface area contributed by atoms with Crippen molar-refractivity contribution in [3.8, 4) is 0 Å². The number of carbonyl (C=O) groups excluding carboxylic acids is 1. The van der Waals surface area contributed by atoms with E-state index in [0.717, 1.165) is 16.8 Å². The number of hydrogen-bond acceptors (Lipinski definition) is 4. The number of halogens is 2. The SMILES string of the molecule is C/C(=N\N=C1\SC(c2ccccc2)C(=O)N1c1ccccc1)c1ccc(Cl)c(Cl)c1. The van der Waals surface area contributed by atoms with Crippen molar-refractivity contribution in [3.63, 3.8) is 0 Å². The predicted octanol–water partition coefficient (Wildman–Crippen LogP) is 6.59. The predicted molar refractivity (Wildman–Crippen MR) is 127 cm³/mol. The highest BCUT2D eigenvalue weighted by atomic mass is 35.5. The van der Waals surface area contributed by atoms with Gasteiger partial charge in [0, 0.05) is 0 Å². The van der Waals surface area contributed by atoms with E-state index in [9.17, 15) is 4.79 Å². The highest BCUT2D eigenvalue weighted by molar-refractivity contribution is 8.15. The molecule has 1 aliphatic heterocycles. The maximum atomic E-state index is 13.3. The van der Waals surface area contributed by atoms with Crippen LogP contribution in [0.25, 0.3) is 0 Å². The number of hydrogen-bond donors (Lipinski definition) is 0. The summed E-state index contributed by atoms with van der Waals surface area (Å²) in [5, 5.41) is 9.90. The molecule has 0 N–H and O–H groups in total. The second kappa shape index (κ2) is 9.04. The lowest BCUT2D eigenvalue weighted by Gasteiger charge is -2.15. The smallest absolute Gasteiger partial charge is 0.251 e. The Kier molecular flexibility index (Phi) is 6.23. The van der Waals surface area contributed by atoms with Gasteiger partial charge in [0.05, 0.1) is 21.4 Å². The molecule has 3 aromatic carbocycles. The van der Waals surface area contributed by atoms with Crippen LogP contribution in [0.15, 0.2) is 89.1 Å². The maximum absolute atomic E-state index is 13.3. The molecule has 3 aromatic rings. The van der Waals surface area contributed by atoms with Crippen molar-refractivity contribution < 1.29 is 4.79 Å². The molecular weight excluding hydrogens is 437 g/mol. The molecule has 1 heterocycles. The molecule has 1 unspecified atom stereocenters.